The molecule has 0 saturated heterocycles. The summed E-state index contributed by atoms with van der Waals surface area (Å²) in [5.41, 5.74) is 1.66. The van der Waals surface area contributed by atoms with Crippen LogP contribution in [0.1, 0.15) is 21.7 Å². The average molecular weight is 566 g/mol. The Bertz CT molecular complexity index is 1280. The topological polar surface area (TPSA) is 59.8 Å². The van der Waals surface area contributed by atoms with E-state index in [0.29, 0.717) is 21.8 Å². The number of carbonyl (C=O) groups is 1. The minimum Gasteiger partial charge on any atom is -0.345 e. The predicted octanol–water partition coefficient (Wildman–Crippen LogP) is 6.70. The van der Waals surface area contributed by atoms with Gasteiger partial charge in [-0.2, -0.15) is 0 Å². The van der Waals surface area contributed by atoms with Crippen LogP contribution in [0.25, 0.3) is 5.69 Å². The van der Waals surface area contributed by atoms with Crippen LogP contribution in [0.15, 0.2) is 76.4 Å². The van der Waals surface area contributed by atoms with Gasteiger partial charge in [-0.15, -0.1) is 10.2 Å². The normalized spacial score (nSPS) is 10.9. The van der Waals surface area contributed by atoms with Crippen molar-refractivity contribution in [1.82, 2.24) is 20.1 Å². The van der Waals surface area contributed by atoms with Crippen LogP contribution in [0.2, 0.25) is 10.0 Å². The molecule has 1 heterocycles. The molecule has 1 amide bonds. The Morgan fingerprint density at radius 2 is 1.82 bits per heavy atom. The Kier molecular flexibility index (Phi) is 7.70. The van der Waals surface area contributed by atoms with Crippen LogP contribution in [0, 0.1) is 5.82 Å². The van der Waals surface area contributed by atoms with Crippen LogP contribution in [0.5, 0.6) is 0 Å². The van der Waals surface area contributed by atoms with Crippen LogP contribution in [-0.2, 0) is 12.3 Å². The van der Waals surface area contributed by atoms with Crippen molar-refractivity contribution in [3.8, 4) is 5.69 Å². The van der Waals surface area contributed by atoms with Gasteiger partial charge in [0.05, 0.1) is 22.8 Å². The molecule has 0 saturated carbocycles. The SMILES string of the molecule is O=C(NCc1nnc(SCc2ccc(Br)cc2)n1-c1cccc(Cl)c1)c1c(F)cccc1Cl. The van der Waals surface area contributed by atoms with Gasteiger partial charge in [0.25, 0.3) is 5.91 Å². The molecule has 5 nitrogen and oxygen atoms in total. The summed E-state index contributed by atoms with van der Waals surface area (Å²) in [7, 11) is 0. The first kappa shape index (κ1) is 23.8. The minimum absolute atomic E-state index is 0.0157. The fourth-order valence-corrected chi connectivity index (χ4v) is 4.70. The molecule has 0 aliphatic carbocycles. The fourth-order valence-electron chi connectivity index (χ4n) is 3.07. The lowest BCUT2D eigenvalue weighted by atomic mass is 10.2. The molecule has 0 aliphatic heterocycles. The molecule has 33 heavy (non-hydrogen) atoms. The smallest absolute Gasteiger partial charge is 0.256 e. The van der Waals surface area contributed by atoms with Crippen molar-refractivity contribution >= 4 is 56.8 Å². The van der Waals surface area contributed by atoms with Gasteiger partial charge in [0, 0.05) is 15.2 Å². The maximum atomic E-state index is 14.1. The van der Waals surface area contributed by atoms with Gasteiger partial charge in [-0.1, -0.05) is 75.2 Å². The lowest BCUT2D eigenvalue weighted by Crippen LogP contribution is -2.26. The summed E-state index contributed by atoms with van der Waals surface area (Å²) in [5.74, 6) is -0.190. The van der Waals surface area contributed by atoms with E-state index in [2.05, 4.69) is 31.4 Å². The zero-order valence-corrected chi connectivity index (χ0v) is 20.8. The Morgan fingerprint density at radius 1 is 1.06 bits per heavy atom. The van der Waals surface area contributed by atoms with Gasteiger partial charge < -0.3 is 5.32 Å². The second-order valence-corrected chi connectivity index (χ2v) is 9.61. The van der Waals surface area contributed by atoms with Gasteiger partial charge in [-0.25, -0.2) is 4.39 Å². The second kappa shape index (κ2) is 10.7. The standard InChI is InChI=1S/C23H16BrCl2FN4OS/c24-15-9-7-14(8-10-15)13-33-23-30-29-20(31(23)17-4-1-3-16(25)11-17)12-28-22(32)21-18(26)5-2-6-19(21)27/h1-11H,12-13H2,(H,28,32). The highest BCUT2D eigenvalue weighted by molar-refractivity contribution is 9.10. The number of halogens is 4. The van der Waals surface area contributed by atoms with Gasteiger partial charge in [0.1, 0.15) is 5.82 Å². The van der Waals surface area contributed by atoms with E-state index < -0.39 is 11.7 Å². The molecule has 0 atom stereocenters. The summed E-state index contributed by atoms with van der Waals surface area (Å²) in [6.45, 7) is 0.0157. The van der Waals surface area contributed by atoms with Crippen molar-refractivity contribution in [2.24, 2.45) is 0 Å². The summed E-state index contributed by atoms with van der Waals surface area (Å²) < 4.78 is 16.9. The molecule has 0 bridgehead atoms. The molecule has 168 valence electrons. The summed E-state index contributed by atoms with van der Waals surface area (Å²) in [6, 6.07) is 19.3. The Morgan fingerprint density at radius 3 is 2.55 bits per heavy atom. The second-order valence-electron chi connectivity index (χ2n) is 6.91. The molecule has 0 radical (unpaired) electrons. The maximum Gasteiger partial charge on any atom is 0.256 e. The highest BCUT2D eigenvalue weighted by atomic mass is 79.9. The number of aromatic nitrogens is 3. The van der Waals surface area contributed by atoms with Crippen molar-refractivity contribution in [2.45, 2.75) is 17.5 Å². The summed E-state index contributed by atoms with van der Waals surface area (Å²) in [5, 5.41) is 12.5. The van der Waals surface area contributed by atoms with Crippen LogP contribution >= 0.6 is 50.9 Å². The maximum absolute atomic E-state index is 14.1. The van der Waals surface area contributed by atoms with E-state index in [-0.39, 0.29) is 17.1 Å². The number of hydrogen-bond acceptors (Lipinski definition) is 4. The van der Waals surface area contributed by atoms with Gasteiger partial charge in [0.15, 0.2) is 11.0 Å². The van der Waals surface area contributed by atoms with Crippen LogP contribution < -0.4 is 5.32 Å². The van der Waals surface area contributed by atoms with Crippen molar-refractivity contribution < 1.29 is 9.18 Å². The Balaban J connectivity index is 1.59. The summed E-state index contributed by atoms with van der Waals surface area (Å²) >= 11 is 17.2. The Labute approximate surface area is 212 Å². The molecule has 4 aromatic rings. The van der Waals surface area contributed by atoms with E-state index in [1.807, 2.05) is 41.0 Å². The Hall–Kier alpha value is -2.39. The number of thioether (sulfide) groups is 1. The zero-order valence-electron chi connectivity index (χ0n) is 16.9. The number of amides is 1. The van der Waals surface area contributed by atoms with Crippen LogP contribution in [-0.4, -0.2) is 20.7 Å². The third-order valence-corrected chi connectivity index (χ3v) is 6.72. The number of carbonyl (C=O) groups excluding carboxylic acids is 1. The minimum atomic E-state index is -0.693. The number of nitrogens with one attached hydrogen (secondary N) is 1. The van der Waals surface area contributed by atoms with Gasteiger partial charge in [0.2, 0.25) is 0 Å². The van der Waals surface area contributed by atoms with Gasteiger partial charge >= 0.3 is 0 Å². The molecule has 3 aromatic carbocycles. The van der Waals surface area contributed by atoms with E-state index in [4.69, 9.17) is 23.2 Å². The largest absolute Gasteiger partial charge is 0.345 e. The average Bonchev–Trinajstić information content (AvgIpc) is 3.20. The molecule has 1 aromatic heterocycles. The first-order chi connectivity index (χ1) is 15.9. The molecule has 4 rings (SSSR count). The predicted molar refractivity (Wildman–Crippen MR) is 133 cm³/mol. The monoisotopic (exact) mass is 564 g/mol. The van der Waals surface area contributed by atoms with Crippen LogP contribution in [0.4, 0.5) is 4.39 Å². The summed E-state index contributed by atoms with van der Waals surface area (Å²) in [6.07, 6.45) is 0. The van der Waals surface area contributed by atoms with E-state index in [1.54, 1.807) is 12.1 Å². The van der Waals surface area contributed by atoms with Crippen molar-refractivity contribution in [1.29, 1.82) is 0 Å². The third-order valence-electron chi connectivity index (χ3n) is 4.64. The lowest BCUT2D eigenvalue weighted by molar-refractivity contribution is 0.0945. The first-order valence-corrected chi connectivity index (χ1v) is 12.3. The molecule has 0 aliphatic rings. The van der Waals surface area contributed by atoms with Crippen LogP contribution in [0.3, 0.4) is 0 Å². The first-order valence-electron chi connectivity index (χ1n) is 9.72. The highest BCUT2D eigenvalue weighted by Crippen LogP contribution is 2.27. The number of benzene rings is 3. The number of hydrogen-bond donors (Lipinski definition) is 1. The molecular formula is C23H16BrCl2FN4OS. The molecule has 0 fully saturated rings. The summed E-state index contributed by atoms with van der Waals surface area (Å²) in [4.78, 5) is 12.6. The van der Waals surface area contributed by atoms with Gasteiger partial charge in [-0.05, 0) is 48.0 Å². The van der Waals surface area contributed by atoms with Crippen molar-refractivity contribution in [3.05, 3.63) is 104 Å². The van der Waals surface area contributed by atoms with E-state index in [1.165, 1.54) is 30.0 Å². The molecule has 1 N–H and O–H groups in total. The molecule has 0 spiro atoms. The van der Waals surface area contributed by atoms with E-state index >= 15 is 0 Å². The number of rotatable bonds is 7. The quantitative estimate of drug-likeness (QED) is 0.253. The van der Waals surface area contributed by atoms with Gasteiger partial charge in [-0.3, -0.25) is 9.36 Å². The van der Waals surface area contributed by atoms with Crippen molar-refractivity contribution in [2.75, 3.05) is 0 Å². The van der Waals surface area contributed by atoms with E-state index in [9.17, 15) is 9.18 Å². The molecular weight excluding hydrogens is 550 g/mol. The number of nitrogens with zero attached hydrogens (tertiary/aromatic N) is 3. The zero-order chi connectivity index (χ0) is 23.4. The van der Waals surface area contributed by atoms with Crippen molar-refractivity contribution in [3.63, 3.8) is 0 Å². The van der Waals surface area contributed by atoms with E-state index in [0.717, 1.165) is 15.7 Å². The fraction of sp³-hybridized carbons (Fsp3) is 0.0870. The lowest BCUT2D eigenvalue weighted by Gasteiger charge is -2.12. The molecule has 10 heteroatoms. The molecule has 0 unspecified atom stereocenters. The highest BCUT2D eigenvalue weighted by Gasteiger charge is 2.19. The third kappa shape index (κ3) is 5.76.